The smallest absolute Gasteiger partial charge is 0.748 e. The summed E-state index contributed by atoms with van der Waals surface area (Å²) in [6.45, 7) is 1.65. The van der Waals surface area contributed by atoms with E-state index >= 15 is 0 Å². The molecule has 0 aromatic rings. The zero-order valence-electron chi connectivity index (χ0n) is 5.05. The molecule has 0 amide bonds. The molecule has 8 heavy (non-hydrogen) atoms. The van der Waals surface area contributed by atoms with E-state index in [1.165, 1.54) is 0 Å². The average molecular weight is 209 g/mol. The van der Waals surface area contributed by atoms with Crippen molar-refractivity contribution in [3.63, 3.8) is 0 Å². The van der Waals surface area contributed by atoms with Crippen LogP contribution in [0.15, 0.2) is 0 Å². The summed E-state index contributed by atoms with van der Waals surface area (Å²) >= 11 is 0. The molecule has 0 unspecified atom stereocenters. The van der Waals surface area contributed by atoms with Gasteiger partial charge in [-0.3, -0.25) is 0 Å². The Balaban J connectivity index is 0. The van der Waals surface area contributed by atoms with Gasteiger partial charge in [0.05, 0.1) is 10.1 Å². The first-order chi connectivity index (χ1) is 3.06. The zero-order chi connectivity index (χ0) is 5.91. The Labute approximate surface area is 98.4 Å². The van der Waals surface area contributed by atoms with Crippen molar-refractivity contribution >= 4 is 10.1 Å². The molecule has 0 aliphatic heterocycles. The molecule has 0 spiro atoms. The van der Waals surface area contributed by atoms with E-state index in [9.17, 15) is 13.0 Å². The predicted molar refractivity (Wildman–Crippen MR) is 24.9 cm³/mol. The molecule has 0 aromatic heterocycles. The fraction of sp³-hybridized carbons (Fsp3) is 1.00. The molecule has 0 N–H and O–H groups in total. The van der Waals surface area contributed by atoms with Crippen molar-refractivity contribution < 1.29 is 71.2 Å². The van der Waals surface area contributed by atoms with E-state index in [0.29, 0.717) is 6.42 Å². The van der Waals surface area contributed by atoms with Gasteiger partial charge in [0.25, 0.3) is 0 Å². The summed E-state index contributed by atoms with van der Waals surface area (Å²) in [4.78, 5) is 0. The molecule has 0 atom stereocenters. The minimum atomic E-state index is -3.92. The number of hydrogen-bond acceptors (Lipinski definition) is 3. The second-order valence-electron chi connectivity index (χ2n) is 1.26. The quantitative estimate of drug-likeness (QED) is 0.453. The van der Waals surface area contributed by atoms with Crippen LogP contribution in [0.1, 0.15) is 13.3 Å². The van der Waals surface area contributed by atoms with Crippen LogP contribution in [-0.4, -0.2) is 18.7 Å². The topological polar surface area (TPSA) is 57.2 Å². The standard InChI is InChI=1S/C3H8O3S.Rb/c1-2-3-7(4,5)6;/h2-3H2,1H3,(H,4,5,6);/q;+1/p-1. The maximum absolute atomic E-state index is 9.68. The van der Waals surface area contributed by atoms with Gasteiger partial charge in [0.1, 0.15) is 0 Å². The van der Waals surface area contributed by atoms with Gasteiger partial charge < -0.3 is 4.55 Å². The fourth-order valence-electron chi connectivity index (χ4n) is 0.250. The second kappa shape index (κ2) is 5.50. The molecule has 5 heteroatoms. The molecular weight excluding hydrogens is 202 g/mol. The Hall–Kier alpha value is 1.72. The summed E-state index contributed by atoms with van der Waals surface area (Å²) in [6, 6.07) is 0. The van der Waals surface area contributed by atoms with Crippen LogP contribution in [0.25, 0.3) is 0 Å². The molecule has 0 bridgehead atoms. The van der Waals surface area contributed by atoms with Gasteiger partial charge in [0.15, 0.2) is 0 Å². The average Bonchev–Trinajstić information content (AvgIpc) is 1.30. The van der Waals surface area contributed by atoms with Gasteiger partial charge in [0.2, 0.25) is 0 Å². The Morgan fingerprint density at radius 2 is 1.88 bits per heavy atom. The SMILES string of the molecule is CCCS(=O)(=O)[O-].[Rb+]. The molecular formula is C3H7O3RbS. The summed E-state index contributed by atoms with van der Waals surface area (Å²) in [5.74, 6) is -0.243. The molecule has 0 saturated heterocycles. The number of hydrogen-bond donors (Lipinski definition) is 0. The van der Waals surface area contributed by atoms with Crippen molar-refractivity contribution in [1.82, 2.24) is 0 Å². The van der Waals surface area contributed by atoms with Crippen LogP contribution in [0.5, 0.6) is 0 Å². The van der Waals surface area contributed by atoms with E-state index in [4.69, 9.17) is 0 Å². The van der Waals surface area contributed by atoms with E-state index in [-0.39, 0.29) is 63.9 Å². The molecule has 0 radical (unpaired) electrons. The first-order valence-corrected chi connectivity index (χ1v) is 3.57. The first kappa shape index (κ1) is 12.4. The van der Waals surface area contributed by atoms with E-state index in [0.717, 1.165) is 0 Å². The third kappa shape index (κ3) is 10.7. The van der Waals surface area contributed by atoms with Crippen LogP contribution in [0.3, 0.4) is 0 Å². The Kier molecular flexibility index (Phi) is 8.52. The zero-order valence-corrected chi connectivity index (χ0v) is 10.8. The third-order valence-corrected chi connectivity index (χ3v) is 1.36. The largest absolute Gasteiger partial charge is 1.00 e. The van der Waals surface area contributed by atoms with E-state index < -0.39 is 10.1 Å². The van der Waals surface area contributed by atoms with Crippen LogP contribution in [0, 0.1) is 0 Å². The van der Waals surface area contributed by atoms with Crippen molar-refractivity contribution in [2.24, 2.45) is 0 Å². The molecule has 44 valence electrons. The molecule has 0 fully saturated rings. The summed E-state index contributed by atoms with van der Waals surface area (Å²) in [5, 5.41) is 0. The maximum atomic E-state index is 9.68. The van der Waals surface area contributed by atoms with Crippen LogP contribution in [-0.2, 0) is 10.1 Å². The van der Waals surface area contributed by atoms with Gasteiger partial charge in [-0.1, -0.05) is 6.92 Å². The van der Waals surface area contributed by atoms with Crippen LogP contribution in [0.4, 0.5) is 0 Å². The molecule has 0 rings (SSSR count). The summed E-state index contributed by atoms with van der Waals surface area (Å²) < 4.78 is 29.0. The van der Waals surface area contributed by atoms with Gasteiger partial charge in [-0.05, 0) is 6.42 Å². The Morgan fingerprint density at radius 3 is 1.88 bits per heavy atom. The first-order valence-electron chi connectivity index (χ1n) is 2.00. The van der Waals surface area contributed by atoms with Crippen LogP contribution < -0.4 is 58.2 Å². The van der Waals surface area contributed by atoms with Crippen molar-refractivity contribution in [3.05, 3.63) is 0 Å². The Morgan fingerprint density at radius 1 is 1.50 bits per heavy atom. The minimum Gasteiger partial charge on any atom is -0.748 e. The monoisotopic (exact) mass is 208 g/mol. The van der Waals surface area contributed by atoms with E-state index in [1.54, 1.807) is 6.92 Å². The maximum Gasteiger partial charge on any atom is 1.00 e. The van der Waals surface area contributed by atoms with Crippen molar-refractivity contribution in [2.45, 2.75) is 13.3 Å². The Bertz CT molecular complexity index is 127. The molecule has 3 nitrogen and oxygen atoms in total. The molecule has 0 heterocycles. The van der Waals surface area contributed by atoms with Crippen molar-refractivity contribution in [1.29, 1.82) is 0 Å². The normalized spacial score (nSPS) is 10.2. The summed E-state index contributed by atoms with van der Waals surface area (Å²) in [5.41, 5.74) is 0. The third-order valence-electron chi connectivity index (χ3n) is 0.454. The molecule has 0 saturated carbocycles. The van der Waals surface area contributed by atoms with Crippen molar-refractivity contribution in [2.75, 3.05) is 5.75 Å². The summed E-state index contributed by atoms with van der Waals surface area (Å²) in [6.07, 6.45) is 0.409. The molecule has 0 aromatic carbocycles. The van der Waals surface area contributed by atoms with E-state index in [2.05, 4.69) is 0 Å². The van der Waals surface area contributed by atoms with Gasteiger partial charge in [-0.2, -0.15) is 0 Å². The van der Waals surface area contributed by atoms with Gasteiger partial charge in [-0.15, -0.1) is 0 Å². The fourth-order valence-corrected chi connectivity index (χ4v) is 0.750. The van der Waals surface area contributed by atoms with Crippen LogP contribution >= 0.6 is 0 Å². The van der Waals surface area contributed by atoms with Gasteiger partial charge >= 0.3 is 58.2 Å². The summed E-state index contributed by atoms with van der Waals surface area (Å²) in [7, 11) is -3.92. The molecule has 0 aliphatic rings. The predicted octanol–water partition coefficient (Wildman–Crippen LogP) is -3.05. The number of rotatable bonds is 2. The van der Waals surface area contributed by atoms with E-state index in [1.807, 2.05) is 0 Å². The second-order valence-corrected chi connectivity index (χ2v) is 2.79. The van der Waals surface area contributed by atoms with Crippen LogP contribution in [0.2, 0.25) is 0 Å². The van der Waals surface area contributed by atoms with Gasteiger partial charge in [-0.25, -0.2) is 8.42 Å². The van der Waals surface area contributed by atoms with Gasteiger partial charge in [0, 0.05) is 5.75 Å². The molecule has 0 aliphatic carbocycles. The van der Waals surface area contributed by atoms with Crippen molar-refractivity contribution in [3.8, 4) is 0 Å². The minimum absolute atomic E-state index is 0.